The Bertz CT molecular complexity index is 213. The molecule has 0 aromatic carbocycles. The summed E-state index contributed by atoms with van der Waals surface area (Å²) in [7, 11) is 2.16. The van der Waals surface area contributed by atoms with Crippen molar-refractivity contribution in [2.75, 3.05) is 32.0 Å². The van der Waals surface area contributed by atoms with E-state index in [-0.39, 0.29) is 5.91 Å². The zero-order valence-electron chi connectivity index (χ0n) is 9.68. The second-order valence-corrected chi connectivity index (χ2v) is 5.62. The first-order chi connectivity index (χ1) is 7.06. The molecular formula is C11H21BrN2O. The molecule has 0 saturated carbocycles. The Hall–Kier alpha value is -0.0900. The van der Waals surface area contributed by atoms with Crippen molar-refractivity contribution in [3.05, 3.63) is 0 Å². The molecule has 0 unspecified atom stereocenters. The molecule has 15 heavy (non-hydrogen) atoms. The van der Waals surface area contributed by atoms with E-state index in [0.29, 0.717) is 11.8 Å². The van der Waals surface area contributed by atoms with Gasteiger partial charge in [0.05, 0.1) is 0 Å². The van der Waals surface area contributed by atoms with Gasteiger partial charge in [0, 0.05) is 18.3 Å². The van der Waals surface area contributed by atoms with Gasteiger partial charge in [-0.2, -0.15) is 0 Å². The molecule has 88 valence electrons. The molecule has 1 amide bonds. The number of nitrogens with one attached hydrogen (secondary N) is 1. The molecule has 1 N–H and O–H groups in total. The minimum absolute atomic E-state index is 0.159. The number of rotatable bonds is 4. The van der Waals surface area contributed by atoms with E-state index < -0.39 is 0 Å². The van der Waals surface area contributed by atoms with E-state index in [4.69, 9.17) is 0 Å². The highest BCUT2D eigenvalue weighted by Gasteiger charge is 2.28. The van der Waals surface area contributed by atoms with Crippen molar-refractivity contribution in [2.45, 2.75) is 26.2 Å². The van der Waals surface area contributed by atoms with Crippen molar-refractivity contribution < 1.29 is 4.79 Å². The number of halogens is 1. The van der Waals surface area contributed by atoms with Crippen LogP contribution in [0.5, 0.6) is 0 Å². The van der Waals surface area contributed by atoms with Gasteiger partial charge in [0.1, 0.15) is 0 Å². The third kappa shape index (κ3) is 4.51. The summed E-state index contributed by atoms with van der Waals surface area (Å²) in [6.45, 7) is 5.39. The van der Waals surface area contributed by atoms with Crippen molar-refractivity contribution in [2.24, 2.45) is 5.41 Å². The molecule has 0 spiro atoms. The maximum absolute atomic E-state index is 11.3. The van der Waals surface area contributed by atoms with Gasteiger partial charge in [-0.3, -0.25) is 4.79 Å². The Morgan fingerprint density at radius 1 is 1.47 bits per heavy atom. The molecule has 1 aliphatic heterocycles. The lowest BCUT2D eigenvalue weighted by Crippen LogP contribution is -2.43. The molecule has 0 aromatic heterocycles. The van der Waals surface area contributed by atoms with E-state index in [1.807, 2.05) is 0 Å². The van der Waals surface area contributed by atoms with Crippen LogP contribution >= 0.6 is 15.9 Å². The predicted molar refractivity (Wildman–Crippen MR) is 66.3 cm³/mol. The first-order valence-corrected chi connectivity index (χ1v) is 6.69. The predicted octanol–water partition coefficient (Wildman–Crippen LogP) is 1.62. The molecule has 3 nitrogen and oxygen atoms in total. The number of alkyl halides is 1. The number of amides is 1. The minimum Gasteiger partial charge on any atom is -0.356 e. The summed E-state index contributed by atoms with van der Waals surface area (Å²) in [5.41, 5.74) is 0.300. The van der Waals surface area contributed by atoms with Crippen molar-refractivity contribution in [1.82, 2.24) is 10.2 Å². The highest BCUT2D eigenvalue weighted by molar-refractivity contribution is 9.09. The largest absolute Gasteiger partial charge is 0.356 e. The lowest BCUT2D eigenvalue weighted by Gasteiger charge is -2.37. The van der Waals surface area contributed by atoms with Gasteiger partial charge in [-0.05, 0) is 38.4 Å². The van der Waals surface area contributed by atoms with Gasteiger partial charge >= 0.3 is 0 Å². The first kappa shape index (κ1) is 13.0. The monoisotopic (exact) mass is 276 g/mol. The van der Waals surface area contributed by atoms with Crippen LogP contribution in [0.15, 0.2) is 0 Å². The average Bonchev–Trinajstić information content (AvgIpc) is 2.21. The Morgan fingerprint density at radius 3 is 2.60 bits per heavy atom. The van der Waals surface area contributed by atoms with Gasteiger partial charge < -0.3 is 10.2 Å². The molecule has 0 aromatic rings. The number of hydrogen-bond donors (Lipinski definition) is 1. The fourth-order valence-corrected chi connectivity index (χ4v) is 2.18. The zero-order valence-corrected chi connectivity index (χ0v) is 11.3. The summed E-state index contributed by atoms with van der Waals surface area (Å²) < 4.78 is 0. The second-order valence-electron chi connectivity index (χ2n) is 4.83. The van der Waals surface area contributed by atoms with E-state index >= 15 is 0 Å². The number of piperidine rings is 1. The average molecular weight is 277 g/mol. The van der Waals surface area contributed by atoms with Gasteiger partial charge in [0.25, 0.3) is 0 Å². The van der Waals surface area contributed by atoms with Gasteiger partial charge in [-0.25, -0.2) is 0 Å². The molecule has 1 heterocycles. The Morgan fingerprint density at radius 2 is 2.07 bits per heavy atom. The fourth-order valence-electron chi connectivity index (χ4n) is 1.82. The van der Waals surface area contributed by atoms with Crippen molar-refractivity contribution >= 4 is 21.8 Å². The standard InChI is InChI=1S/C11H21BrN2O/c1-11(4-7-14(2)8-5-11)9-13-10(15)3-6-12/h3-9H2,1-2H3,(H,13,15). The van der Waals surface area contributed by atoms with Gasteiger partial charge in [0.2, 0.25) is 5.91 Å². The molecule has 1 saturated heterocycles. The van der Waals surface area contributed by atoms with Crippen LogP contribution in [-0.2, 0) is 4.79 Å². The molecule has 0 aliphatic carbocycles. The van der Waals surface area contributed by atoms with E-state index in [1.165, 1.54) is 12.8 Å². The smallest absolute Gasteiger partial charge is 0.220 e. The fraction of sp³-hybridized carbons (Fsp3) is 0.909. The van der Waals surface area contributed by atoms with E-state index in [0.717, 1.165) is 25.0 Å². The molecule has 1 fully saturated rings. The third-order valence-electron chi connectivity index (χ3n) is 3.23. The highest BCUT2D eigenvalue weighted by Crippen LogP contribution is 2.29. The number of carbonyl (C=O) groups excluding carboxylic acids is 1. The number of nitrogens with zero attached hydrogens (tertiary/aromatic N) is 1. The van der Waals surface area contributed by atoms with Gasteiger partial charge in [-0.15, -0.1) is 0 Å². The van der Waals surface area contributed by atoms with Crippen LogP contribution in [0.4, 0.5) is 0 Å². The zero-order chi connectivity index (χ0) is 11.3. The normalized spacial score (nSPS) is 21.3. The Kier molecular flexibility index (Phi) is 5.06. The molecular weight excluding hydrogens is 256 g/mol. The van der Waals surface area contributed by atoms with Crippen LogP contribution in [-0.4, -0.2) is 42.8 Å². The number of likely N-dealkylation sites (tertiary alicyclic amines) is 1. The summed E-state index contributed by atoms with van der Waals surface area (Å²) in [5, 5.41) is 3.77. The maximum Gasteiger partial charge on any atom is 0.220 e. The lowest BCUT2D eigenvalue weighted by molar-refractivity contribution is -0.121. The molecule has 0 atom stereocenters. The lowest BCUT2D eigenvalue weighted by atomic mass is 9.80. The van der Waals surface area contributed by atoms with E-state index in [1.54, 1.807) is 0 Å². The van der Waals surface area contributed by atoms with Crippen molar-refractivity contribution in [3.8, 4) is 0 Å². The number of hydrogen-bond acceptors (Lipinski definition) is 2. The van der Waals surface area contributed by atoms with Crippen LogP contribution in [0.25, 0.3) is 0 Å². The molecule has 0 radical (unpaired) electrons. The number of carbonyl (C=O) groups is 1. The quantitative estimate of drug-likeness (QED) is 0.792. The van der Waals surface area contributed by atoms with Crippen LogP contribution in [0.2, 0.25) is 0 Å². The second kappa shape index (κ2) is 5.85. The summed E-state index contributed by atoms with van der Waals surface area (Å²) >= 11 is 3.27. The van der Waals surface area contributed by atoms with Crippen LogP contribution < -0.4 is 5.32 Å². The summed E-state index contributed by atoms with van der Waals surface area (Å²) in [4.78, 5) is 13.7. The van der Waals surface area contributed by atoms with Gasteiger partial charge in [0.15, 0.2) is 0 Å². The van der Waals surface area contributed by atoms with Crippen molar-refractivity contribution in [1.29, 1.82) is 0 Å². The molecule has 0 bridgehead atoms. The Balaban J connectivity index is 2.27. The van der Waals surface area contributed by atoms with E-state index in [2.05, 4.69) is 40.1 Å². The molecule has 1 rings (SSSR count). The van der Waals surface area contributed by atoms with Crippen LogP contribution in [0.3, 0.4) is 0 Å². The SMILES string of the molecule is CN1CCC(C)(CNC(=O)CCBr)CC1. The van der Waals surface area contributed by atoms with Crippen molar-refractivity contribution in [3.63, 3.8) is 0 Å². The third-order valence-corrected chi connectivity index (χ3v) is 3.62. The molecule has 1 aliphatic rings. The van der Waals surface area contributed by atoms with Crippen LogP contribution in [0.1, 0.15) is 26.2 Å². The van der Waals surface area contributed by atoms with Gasteiger partial charge in [-0.1, -0.05) is 22.9 Å². The maximum atomic E-state index is 11.3. The molecule has 4 heteroatoms. The first-order valence-electron chi connectivity index (χ1n) is 5.57. The Labute approximate surface area is 101 Å². The van der Waals surface area contributed by atoms with E-state index in [9.17, 15) is 4.79 Å². The highest BCUT2D eigenvalue weighted by atomic mass is 79.9. The topological polar surface area (TPSA) is 32.3 Å². The minimum atomic E-state index is 0.159. The summed E-state index contributed by atoms with van der Waals surface area (Å²) in [5.74, 6) is 0.159. The summed E-state index contributed by atoms with van der Waals surface area (Å²) in [6, 6.07) is 0. The summed E-state index contributed by atoms with van der Waals surface area (Å²) in [6.07, 6.45) is 2.94. The van der Waals surface area contributed by atoms with Crippen LogP contribution in [0, 0.1) is 5.41 Å².